The predicted molar refractivity (Wildman–Crippen MR) is 120 cm³/mol. The summed E-state index contributed by atoms with van der Waals surface area (Å²) in [6.07, 6.45) is 3.56. The Morgan fingerprint density at radius 2 is 1.90 bits per heavy atom. The molecule has 4 N–H and O–H groups in total. The number of fused-ring (bicyclic) bond motifs is 3. The summed E-state index contributed by atoms with van der Waals surface area (Å²) >= 11 is 0. The van der Waals surface area contributed by atoms with Crippen molar-refractivity contribution in [1.82, 2.24) is 15.0 Å². The SMILES string of the molecule is COc1ccc(CNc2nc3c4c(ccc3[nH]2)NC(=O)/C4=C\c2[nH]ccc2OC)cc1. The van der Waals surface area contributed by atoms with E-state index < -0.39 is 0 Å². The van der Waals surface area contributed by atoms with Crippen molar-refractivity contribution >= 4 is 40.2 Å². The first-order valence-corrected chi connectivity index (χ1v) is 9.80. The van der Waals surface area contributed by atoms with Crippen molar-refractivity contribution in [2.24, 2.45) is 0 Å². The summed E-state index contributed by atoms with van der Waals surface area (Å²) in [6.45, 7) is 0.603. The van der Waals surface area contributed by atoms with Gasteiger partial charge < -0.3 is 30.1 Å². The number of nitrogens with zero attached hydrogens (tertiary/aromatic N) is 1. The molecule has 3 heterocycles. The molecule has 0 bridgehead atoms. The van der Waals surface area contributed by atoms with Gasteiger partial charge in [-0.2, -0.15) is 0 Å². The average Bonchev–Trinajstić information content (AvgIpc) is 3.49. The number of methoxy groups -OCH3 is 2. The van der Waals surface area contributed by atoms with E-state index in [1.807, 2.05) is 42.5 Å². The minimum absolute atomic E-state index is 0.171. The molecule has 8 heteroatoms. The molecule has 0 saturated heterocycles. The van der Waals surface area contributed by atoms with Gasteiger partial charge in [0, 0.05) is 18.3 Å². The first kappa shape index (κ1) is 18.8. The second-order valence-corrected chi connectivity index (χ2v) is 7.14. The predicted octanol–water partition coefficient (Wildman–Crippen LogP) is 4.01. The minimum Gasteiger partial charge on any atom is -0.497 e. The second kappa shape index (κ2) is 7.56. The lowest BCUT2D eigenvalue weighted by Gasteiger charge is -2.04. The first-order valence-electron chi connectivity index (χ1n) is 9.80. The van der Waals surface area contributed by atoms with Crippen molar-refractivity contribution in [3.8, 4) is 11.5 Å². The van der Waals surface area contributed by atoms with Gasteiger partial charge in [0.15, 0.2) is 0 Å². The third kappa shape index (κ3) is 3.38. The van der Waals surface area contributed by atoms with Crippen LogP contribution in [0.3, 0.4) is 0 Å². The highest BCUT2D eigenvalue weighted by molar-refractivity contribution is 6.37. The minimum atomic E-state index is -0.171. The summed E-state index contributed by atoms with van der Waals surface area (Å²) in [5, 5.41) is 6.23. The molecule has 2 aromatic carbocycles. The van der Waals surface area contributed by atoms with Crippen LogP contribution in [-0.4, -0.2) is 35.1 Å². The summed E-state index contributed by atoms with van der Waals surface area (Å²) < 4.78 is 10.5. The van der Waals surface area contributed by atoms with Gasteiger partial charge in [0.1, 0.15) is 17.0 Å². The van der Waals surface area contributed by atoms with Crippen LogP contribution in [0.5, 0.6) is 11.5 Å². The number of H-pyrrole nitrogens is 2. The van der Waals surface area contributed by atoms with E-state index in [0.29, 0.717) is 23.8 Å². The number of nitrogens with one attached hydrogen (secondary N) is 4. The molecule has 1 amide bonds. The van der Waals surface area contributed by atoms with Crippen molar-refractivity contribution in [3.63, 3.8) is 0 Å². The Balaban J connectivity index is 1.48. The number of carbonyl (C=O) groups is 1. The van der Waals surface area contributed by atoms with Crippen molar-refractivity contribution in [2.45, 2.75) is 6.54 Å². The lowest BCUT2D eigenvalue weighted by molar-refractivity contribution is -0.110. The molecule has 0 atom stereocenters. The normalized spacial score (nSPS) is 14.0. The van der Waals surface area contributed by atoms with E-state index in [1.165, 1.54) is 0 Å². The second-order valence-electron chi connectivity index (χ2n) is 7.14. The molecule has 5 rings (SSSR count). The third-order valence-electron chi connectivity index (χ3n) is 5.28. The van der Waals surface area contributed by atoms with E-state index in [9.17, 15) is 4.79 Å². The highest BCUT2D eigenvalue weighted by atomic mass is 16.5. The first-order chi connectivity index (χ1) is 15.2. The van der Waals surface area contributed by atoms with Crippen LogP contribution in [0, 0.1) is 0 Å². The van der Waals surface area contributed by atoms with Crippen LogP contribution < -0.4 is 20.1 Å². The van der Waals surface area contributed by atoms with Crippen LogP contribution in [0.1, 0.15) is 16.8 Å². The van der Waals surface area contributed by atoms with Gasteiger partial charge in [0.25, 0.3) is 5.91 Å². The molecule has 1 aliphatic heterocycles. The fourth-order valence-electron chi connectivity index (χ4n) is 3.71. The molecule has 2 aromatic heterocycles. The smallest absolute Gasteiger partial charge is 0.256 e. The maximum atomic E-state index is 12.7. The van der Waals surface area contributed by atoms with Gasteiger partial charge in [-0.1, -0.05) is 12.1 Å². The lowest BCUT2D eigenvalue weighted by atomic mass is 10.0. The van der Waals surface area contributed by atoms with Crippen LogP contribution in [0.15, 0.2) is 48.7 Å². The zero-order chi connectivity index (χ0) is 21.4. The molecule has 0 radical (unpaired) electrons. The Labute approximate surface area is 178 Å². The maximum absolute atomic E-state index is 12.7. The van der Waals surface area contributed by atoms with Crippen LogP contribution in [0.4, 0.5) is 11.6 Å². The summed E-state index contributed by atoms with van der Waals surface area (Å²) in [5.74, 6) is 1.95. The molecule has 0 fully saturated rings. The molecule has 0 spiro atoms. The van der Waals surface area contributed by atoms with Gasteiger partial charge in [0.2, 0.25) is 5.95 Å². The molecule has 156 valence electrons. The summed E-state index contributed by atoms with van der Waals surface area (Å²) in [4.78, 5) is 23.8. The number of ether oxygens (including phenoxy) is 2. The third-order valence-corrected chi connectivity index (χ3v) is 5.28. The number of imidazole rings is 1. The van der Waals surface area contributed by atoms with Gasteiger partial charge in [-0.25, -0.2) is 4.98 Å². The van der Waals surface area contributed by atoms with Gasteiger partial charge >= 0.3 is 0 Å². The van der Waals surface area contributed by atoms with Crippen LogP contribution in [0.25, 0.3) is 22.7 Å². The molecule has 1 aliphatic rings. The Hall–Kier alpha value is -4.20. The fraction of sp³-hybridized carbons (Fsp3) is 0.130. The fourth-order valence-corrected chi connectivity index (χ4v) is 3.71. The van der Waals surface area contributed by atoms with E-state index in [-0.39, 0.29) is 5.91 Å². The number of anilines is 2. The summed E-state index contributed by atoms with van der Waals surface area (Å²) in [7, 11) is 3.24. The molecule has 0 unspecified atom stereocenters. The molecular formula is C23H21N5O3. The molecular weight excluding hydrogens is 394 g/mol. The largest absolute Gasteiger partial charge is 0.497 e. The Morgan fingerprint density at radius 3 is 2.68 bits per heavy atom. The quantitative estimate of drug-likeness (QED) is 0.356. The van der Waals surface area contributed by atoms with E-state index in [2.05, 4.69) is 20.6 Å². The Kier molecular flexibility index (Phi) is 4.59. The van der Waals surface area contributed by atoms with Crippen LogP contribution in [0.2, 0.25) is 0 Å². The average molecular weight is 415 g/mol. The number of hydrogen-bond donors (Lipinski definition) is 4. The highest BCUT2D eigenvalue weighted by Crippen LogP contribution is 2.39. The number of hydrogen-bond acceptors (Lipinski definition) is 5. The van der Waals surface area contributed by atoms with E-state index in [4.69, 9.17) is 14.5 Å². The number of aromatic nitrogens is 3. The van der Waals surface area contributed by atoms with Crippen molar-refractivity contribution in [3.05, 3.63) is 65.5 Å². The molecule has 31 heavy (non-hydrogen) atoms. The monoisotopic (exact) mass is 415 g/mol. The summed E-state index contributed by atoms with van der Waals surface area (Å²) in [6, 6.07) is 13.5. The van der Waals surface area contributed by atoms with E-state index in [0.717, 1.165) is 39.3 Å². The van der Waals surface area contributed by atoms with E-state index in [1.54, 1.807) is 26.5 Å². The Bertz CT molecular complexity index is 1300. The van der Waals surface area contributed by atoms with Crippen LogP contribution in [-0.2, 0) is 11.3 Å². The van der Waals surface area contributed by atoms with E-state index >= 15 is 0 Å². The highest BCUT2D eigenvalue weighted by Gasteiger charge is 2.28. The molecule has 8 nitrogen and oxygen atoms in total. The number of benzene rings is 2. The van der Waals surface area contributed by atoms with Gasteiger partial charge in [-0.3, -0.25) is 4.79 Å². The maximum Gasteiger partial charge on any atom is 0.256 e. The summed E-state index contributed by atoms with van der Waals surface area (Å²) in [5.41, 5.74) is 5.44. The molecule has 4 aromatic rings. The topological polar surface area (TPSA) is 104 Å². The number of aromatic amines is 2. The zero-order valence-corrected chi connectivity index (χ0v) is 17.1. The van der Waals surface area contributed by atoms with Gasteiger partial charge in [-0.15, -0.1) is 0 Å². The van der Waals surface area contributed by atoms with Crippen molar-refractivity contribution in [2.75, 3.05) is 24.9 Å². The van der Waals surface area contributed by atoms with Gasteiger partial charge in [-0.05, 0) is 42.0 Å². The standard InChI is InChI=1S/C23H21N5O3/c1-30-14-5-3-13(4-6-14)12-25-23-27-17-8-7-16-20(21(17)28-23)15(22(29)26-16)11-18-19(31-2)9-10-24-18/h3-11,24H,12H2,1-2H3,(H,26,29)(H2,25,27,28)/b15-11-. The van der Waals surface area contributed by atoms with Gasteiger partial charge in [0.05, 0.1) is 36.7 Å². The van der Waals surface area contributed by atoms with Crippen molar-refractivity contribution < 1.29 is 14.3 Å². The zero-order valence-electron chi connectivity index (χ0n) is 17.1. The number of amides is 1. The number of carbonyl (C=O) groups excluding carboxylic acids is 1. The molecule has 0 saturated carbocycles. The van der Waals surface area contributed by atoms with Crippen LogP contribution >= 0.6 is 0 Å². The number of rotatable bonds is 6. The van der Waals surface area contributed by atoms with Crippen molar-refractivity contribution in [1.29, 1.82) is 0 Å². The molecule has 0 aliphatic carbocycles. The lowest BCUT2D eigenvalue weighted by Crippen LogP contribution is -2.03. The Morgan fingerprint density at radius 1 is 1.06 bits per heavy atom.